The van der Waals surface area contributed by atoms with Crippen molar-refractivity contribution in [1.29, 1.82) is 0 Å². The molecule has 3 rings (SSSR count). The molecule has 18 heavy (non-hydrogen) atoms. The quantitative estimate of drug-likeness (QED) is 0.833. The van der Waals surface area contributed by atoms with Gasteiger partial charge in [0.25, 0.3) is 5.91 Å². The lowest BCUT2D eigenvalue weighted by atomic mass is 10.1. The summed E-state index contributed by atoms with van der Waals surface area (Å²) >= 11 is 0. The lowest BCUT2D eigenvalue weighted by Crippen LogP contribution is -2.43. The largest absolute Gasteiger partial charge is 0.348 e. The number of carbonyl (C=O) groups excluding carboxylic acids is 1. The first-order chi connectivity index (χ1) is 8.74. The summed E-state index contributed by atoms with van der Waals surface area (Å²) in [5.41, 5.74) is 9.52. The second-order valence-electron chi connectivity index (χ2n) is 5.51. The Kier molecular flexibility index (Phi) is 3.08. The Balaban J connectivity index is 1.72. The molecule has 0 bridgehead atoms. The molecule has 0 saturated heterocycles. The predicted octanol–water partition coefficient (Wildman–Crippen LogP) is 1.78. The lowest BCUT2D eigenvalue weighted by molar-refractivity contribution is 0.0934. The molecule has 2 aliphatic rings. The number of hydrogen-bond acceptors (Lipinski definition) is 2. The Bertz CT molecular complexity index is 470. The molecular formula is C15H20N2O. The summed E-state index contributed by atoms with van der Waals surface area (Å²) in [6.07, 6.45) is 6.64. The van der Waals surface area contributed by atoms with Crippen molar-refractivity contribution in [3.63, 3.8) is 0 Å². The third kappa shape index (κ3) is 2.15. The van der Waals surface area contributed by atoms with Gasteiger partial charge in [-0.1, -0.05) is 6.07 Å². The van der Waals surface area contributed by atoms with Crippen LogP contribution in [0.3, 0.4) is 0 Å². The van der Waals surface area contributed by atoms with Gasteiger partial charge in [-0.15, -0.1) is 0 Å². The standard InChI is InChI=1S/C15H20N2O/c16-13-5-2-6-14(13)17-15(18)12-8-7-10-3-1-4-11(10)9-12/h7-9,13-14H,1-6,16H2,(H,17,18). The minimum absolute atomic E-state index is 0.0343. The van der Waals surface area contributed by atoms with Crippen molar-refractivity contribution in [3.05, 3.63) is 34.9 Å². The van der Waals surface area contributed by atoms with Gasteiger partial charge in [0.15, 0.2) is 0 Å². The Morgan fingerprint density at radius 2 is 2.00 bits per heavy atom. The molecule has 0 aromatic heterocycles. The molecule has 3 heteroatoms. The van der Waals surface area contributed by atoms with E-state index in [0.717, 1.165) is 37.7 Å². The van der Waals surface area contributed by atoms with Crippen molar-refractivity contribution in [2.24, 2.45) is 5.73 Å². The van der Waals surface area contributed by atoms with Gasteiger partial charge in [0.1, 0.15) is 0 Å². The molecule has 2 aliphatic carbocycles. The zero-order valence-electron chi connectivity index (χ0n) is 10.6. The van der Waals surface area contributed by atoms with Crippen LogP contribution < -0.4 is 11.1 Å². The van der Waals surface area contributed by atoms with Crippen LogP contribution in [0, 0.1) is 0 Å². The van der Waals surface area contributed by atoms with E-state index in [1.165, 1.54) is 17.5 Å². The number of carbonyl (C=O) groups is 1. The molecule has 0 spiro atoms. The Hall–Kier alpha value is -1.35. The molecule has 0 heterocycles. The average molecular weight is 244 g/mol. The van der Waals surface area contributed by atoms with E-state index < -0.39 is 0 Å². The Morgan fingerprint density at radius 3 is 2.78 bits per heavy atom. The third-order valence-corrected chi connectivity index (χ3v) is 4.25. The highest BCUT2D eigenvalue weighted by Gasteiger charge is 2.25. The zero-order valence-corrected chi connectivity index (χ0v) is 10.6. The van der Waals surface area contributed by atoms with Crippen molar-refractivity contribution in [3.8, 4) is 0 Å². The number of benzene rings is 1. The van der Waals surface area contributed by atoms with E-state index in [2.05, 4.69) is 17.4 Å². The highest BCUT2D eigenvalue weighted by molar-refractivity contribution is 5.94. The normalized spacial score (nSPS) is 26.1. The van der Waals surface area contributed by atoms with Crippen molar-refractivity contribution in [2.45, 2.75) is 50.6 Å². The van der Waals surface area contributed by atoms with Crippen LogP contribution in [0.2, 0.25) is 0 Å². The lowest BCUT2D eigenvalue weighted by Gasteiger charge is -2.17. The van der Waals surface area contributed by atoms with Gasteiger partial charge in [0, 0.05) is 17.6 Å². The molecule has 1 aromatic carbocycles. The van der Waals surface area contributed by atoms with Gasteiger partial charge in [-0.05, 0) is 61.8 Å². The van der Waals surface area contributed by atoms with E-state index in [9.17, 15) is 4.79 Å². The van der Waals surface area contributed by atoms with E-state index in [1.54, 1.807) is 0 Å². The van der Waals surface area contributed by atoms with Crippen LogP contribution in [0.5, 0.6) is 0 Å². The van der Waals surface area contributed by atoms with Crippen LogP contribution in [-0.2, 0) is 12.8 Å². The van der Waals surface area contributed by atoms with Crippen molar-refractivity contribution >= 4 is 5.91 Å². The molecule has 1 amide bonds. The van der Waals surface area contributed by atoms with Gasteiger partial charge < -0.3 is 11.1 Å². The monoisotopic (exact) mass is 244 g/mol. The van der Waals surface area contributed by atoms with Crippen molar-refractivity contribution in [2.75, 3.05) is 0 Å². The van der Waals surface area contributed by atoms with Crippen LogP contribution in [0.25, 0.3) is 0 Å². The highest BCUT2D eigenvalue weighted by atomic mass is 16.1. The summed E-state index contributed by atoms with van der Waals surface area (Å²) in [5, 5.41) is 3.07. The van der Waals surface area contributed by atoms with Gasteiger partial charge in [0.05, 0.1) is 0 Å². The fourth-order valence-corrected chi connectivity index (χ4v) is 3.13. The maximum atomic E-state index is 12.2. The average Bonchev–Trinajstić information content (AvgIpc) is 2.98. The van der Waals surface area contributed by atoms with Crippen LogP contribution in [0.4, 0.5) is 0 Å². The van der Waals surface area contributed by atoms with Gasteiger partial charge in [-0.3, -0.25) is 4.79 Å². The SMILES string of the molecule is NC1CCCC1NC(=O)c1ccc2c(c1)CCC2. The zero-order chi connectivity index (χ0) is 12.5. The number of nitrogens with two attached hydrogens (primary N) is 1. The fraction of sp³-hybridized carbons (Fsp3) is 0.533. The first-order valence-corrected chi connectivity index (χ1v) is 6.92. The van der Waals surface area contributed by atoms with Gasteiger partial charge in [-0.2, -0.15) is 0 Å². The molecule has 2 atom stereocenters. The molecular weight excluding hydrogens is 224 g/mol. The first kappa shape index (κ1) is 11.7. The highest BCUT2D eigenvalue weighted by Crippen LogP contribution is 2.23. The molecule has 1 aromatic rings. The molecule has 2 unspecified atom stereocenters. The van der Waals surface area contributed by atoms with Gasteiger partial charge in [0.2, 0.25) is 0 Å². The fourth-order valence-electron chi connectivity index (χ4n) is 3.13. The second kappa shape index (κ2) is 4.73. The maximum Gasteiger partial charge on any atom is 0.251 e. The van der Waals surface area contributed by atoms with E-state index >= 15 is 0 Å². The van der Waals surface area contributed by atoms with E-state index in [-0.39, 0.29) is 18.0 Å². The van der Waals surface area contributed by atoms with Crippen LogP contribution >= 0.6 is 0 Å². The molecule has 0 radical (unpaired) electrons. The summed E-state index contributed by atoms with van der Waals surface area (Å²) in [6.45, 7) is 0. The summed E-state index contributed by atoms with van der Waals surface area (Å²) in [4.78, 5) is 12.2. The number of nitrogens with one attached hydrogen (secondary N) is 1. The summed E-state index contributed by atoms with van der Waals surface area (Å²) in [5.74, 6) is 0.0343. The van der Waals surface area contributed by atoms with Gasteiger partial charge >= 0.3 is 0 Å². The number of rotatable bonds is 2. The summed E-state index contributed by atoms with van der Waals surface area (Å²) in [6, 6.07) is 6.39. The molecule has 1 saturated carbocycles. The number of hydrogen-bond donors (Lipinski definition) is 2. The number of amides is 1. The molecule has 3 nitrogen and oxygen atoms in total. The number of fused-ring (bicyclic) bond motifs is 1. The second-order valence-corrected chi connectivity index (χ2v) is 5.51. The summed E-state index contributed by atoms with van der Waals surface area (Å²) in [7, 11) is 0. The number of aryl methyl sites for hydroxylation is 2. The van der Waals surface area contributed by atoms with E-state index in [4.69, 9.17) is 5.73 Å². The Morgan fingerprint density at radius 1 is 1.17 bits per heavy atom. The van der Waals surface area contributed by atoms with Crippen LogP contribution in [-0.4, -0.2) is 18.0 Å². The summed E-state index contributed by atoms with van der Waals surface area (Å²) < 4.78 is 0. The minimum atomic E-state index is 0.0343. The predicted molar refractivity (Wildman–Crippen MR) is 71.5 cm³/mol. The maximum absolute atomic E-state index is 12.2. The van der Waals surface area contributed by atoms with Crippen molar-refractivity contribution < 1.29 is 4.79 Å². The topological polar surface area (TPSA) is 55.1 Å². The smallest absolute Gasteiger partial charge is 0.251 e. The first-order valence-electron chi connectivity index (χ1n) is 6.92. The van der Waals surface area contributed by atoms with E-state index in [0.29, 0.717) is 0 Å². The molecule has 3 N–H and O–H groups in total. The molecule has 1 fully saturated rings. The van der Waals surface area contributed by atoms with Crippen LogP contribution in [0.15, 0.2) is 18.2 Å². The van der Waals surface area contributed by atoms with Crippen molar-refractivity contribution in [1.82, 2.24) is 5.32 Å². The van der Waals surface area contributed by atoms with Crippen LogP contribution in [0.1, 0.15) is 47.2 Å². The minimum Gasteiger partial charge on any atom is -0.348 e. The molecule has 96 valence electrons. The molecule has 0 aliphatic heterocycles. The van der Waals surface area contributed by atoms with Gasteiger partial charge in [-0.25, -0.2) is 0 Å². The van der Waals surface area contributed by atoms with E-state index in [1.807, 2.05) is 6.07 Å². The Labute approximate surface area is 108 Å². The third-order valence-electron chi connectivity index (χ3n) is 4.25.